The van der Waals surface area contributed by atoms with Crippen molar-refractivity contribution >= 4 is 0 Å². The third-order valence-electron chi connectivity index (χ3n) is 3.76. The molecule has 18 heavy (non-hydrogen) atoms. The van der Waals surface area contributed by atoms with Gasteiger partial charge in [-0.15, -0.1) is 0 Å². The number of hydrogen-bond donors (Lipinski definition) is 1. The Morgan fingerprint density at radius 3 is 2.78 bits per heavy atom. The zero-order valence-corrected chi connectivity index (χ0v) is 11.8. The summed E-state index contributed by atoms with van der Waals surface area (Å²) in [6.45, 7) is 8.92. The summed E-state index contributed by atoms with van der Waals surface area (Å²) < 4.78 is 7.58. The Labute approximate surface area is 109 Å². The molecule has 1 saturated heterocycles. The van der Waals surface area contributed by atoms with Gasteiger partial charge in [-0.1, -0.05) is 0 Å². The number of rotatable bonds is 3. The number of aryl methyl sites for hydroxylation is 2. The number of aromatic nitrogens is 2. The Kier molecular flexibility index (Phi) is 4.04. The molecule has 2 rings (SSSR count). The van der Waals surface area contributed by atoms with Gasteiger partial charge in [0.25, 0.3) is 0 Å². The van der Waals surface area contributed by atoms with Crippen LogP contribution in [0.5, 0.6) is 0 Å². The number of nitrogens with two attached hydrogens (primary N) is 1. The average Bonchev–Trinajstić information content (AvgIpc) is 2.67. The minimum absolute atomic E-state index is 0.0787. The third-order valence-corrected chi connectivity index (χ3v) is 3.76. The van der Waals surface area contributed by atoms with E-state index in [0.29, 0.717) is 6.04 Å². The van der Waals surface area contributed by atoms with Crippen molar-refractivity contribution in [3.63, 3.8) is 0 Å². The second-order valence-electron chi connectivity index (χ2n) is 5.28. The van der Waals surface area contributed by atoms with Gasteiger partial charge in [0.1, 0.15) is 0 Å². The van der Waals surface area contributed by atoms with E-state index in [0.717, 1.165) is 25.4 Å². The Hall–Kier alpha value is -0.910. The lowest BCUT2D eigenvalue weighted by Gasteiger charge is -2.38. The van der Waals surface area contributed by atoms with Crippen LogP contribution in [0.3, 0.4) is 0 Å². The lowest BCUT2D eigenvalue weighted by atomic mass is 10.1. The largest absolute Gasteiger partial charge is 0.374 e. The van der Waals surface area contributed by atoms with Crippen molar-refractivity contribution < 1.29 is 4.74 Å². The smallest absolute Gasteiger partial charge is 0.0850 e. The van der Waals surface area contributed by atoms with Crippen molar-refractivity contribution in [2.45, 2.75) is 39.0 Å². The molecule has 2 N–H and O–H groups in total. The molecule has 1 aliphatic rings. The maximum atomic E-state index is 5.93. The highest BCUT2D eigenvalue weighted by Gasteiger charge is 2.28. The van der Waals surface area contributed by atoms with Crippen LogP contribution in [0.25, 0.3) is 0 Å². The summed E-state index contributed by atoms with van der Waals surface area (Å²) in [6, 6.07) is 0.443. The molecular formula is C13H24N4O. The van der Waals surface area contributed by atoms with E-state index >= 15 is 0 Å². The Bertz CT molecular complexity index is 402. The van der Waals surface area contributed by atoms with Crippen LogP contribution in [0, 0.1) is 6.92 Å². The molecule has 3 atom stereocenters. The summed E-state index contributed by atoms with van der Waals surface area (Å²) in [4.78, 5) is 2.43. The fourth-order valence-corrected chi connectivity index (χ4v) is 2.59. The molecule has 0 bridgehead atoms. The molecule has 1 aromatic rings. The molecule has 0 radical (unpaired) electrons. The van der Waals surface area contributed by atoms with Crippen LogP contribution in [0.1, 0.15) is 31.1 Å². The van der Waals surface area contributed by atoms with Crippen molar-refractivity contribution in [1.29, 1.82) is 0 Å². The molecule has 5 nitrogen and oxygen atoms in total. The molecule has 5 heteroatoms. The molecule has 3 unspecified atom stereocenters. The van der Waals surface area contributed by atoms with E-state index in [-0.39, 0.29) is 12.1 Å². The summed E-state index contributed by atoms with van der Waals surface area (Å²) in [6.07, 6.45) is 2.24. The van der Waals surface area contributed by atoms with Crippen molar-refractivity contribution in [2.24, 2.45) is 12.8 Å². The Morgan fingerprint density at radius 2 is 2.22 bits per heavy atom. The zero-order valence-electron chi connectivity index (χ0n) is 11.8. The first kappa shape index (κ1) is 13.5. The van der Waals surface area contributed by atoms with Crippen LogP contribution in [0.15, 0.2) is 6.20 Å². The highest BCUT2D eigenvalue weighted by Crippen LogP contribution is 2.24. The molecule has 0 aromatic carbocycles. The maximum absolute atomic E-state index is 5.93. The van der Waals surface area contributed by atoms with Gasteiger partial charge in [-0.05, 0) is 20.8 Å². The number of hydrogen-bond acceptors (Lipinski definition) is 4. The van der Waals surface area contributed by atoms with Crippen molar-refractivity contribution in [3.05, 3.63) is 17.5 Å². The molecule has 0 saturated carbocycles. The maximum Gasteiger partial charge on any atom is 0.0850 e. The van der Waals surface area contributed by atoms with Gasteiger partial charge in [0.05, 0.1) is 18.4 Å². The zero-order chi connectivity index (χ0) is 13.3. The van der Waals surface area contributed by atoms with Gasteiger partial charge < -0.3 is 10.5 Å². The lowest BCUT2D eigenvalue weighted by molar-refractivity contribution is -0.0499. The molecule has 1 aromatic heterocycles. The van der Waals surface area contributed by atoms with E-state index < -0.39 is 0 Å². The first-order valence-corrected chi connectivity index (χ1v) is 6.60. The van der Waals surface area contributed by atoms with Gasteiger partial charge in [-0.2, -0.15) is 5.10 Å². The fraction of sp³-hybridized carbons (Fsp3) is 0.769. The molecule has 102 valence electrons. The predicted octanol–water partition coefficient (Wildman–Crippen LogP) is 0.838. The van der Waals surface area contributed by atoms with E-state index in [2.05, 4.69) is 30.0 Å². The van der Waals surface area contributed by atoms with E-state index in [1.807, 2.05) is 18.7 Å². The van der Waals surface area contributed by atoms with E-state index in [1.165, 1.54) is 5.56 Å². The summed E-state index contributed by atoms with van der Waals surface area (Å²) in [5.74, 6) is 0. The van der Waals surface area contributed by atoms with Crippen LogP contribution < -0.4 is 5.73 Å². The van der Waals surface area contributed by atoms with Gasteiger partial charge in [0, 0.05) is 44.0 Å². The Balaban J connectivity index is 2.09. The Morgan fingerprint density at radius 1 is 1.50 bits per heavy atom. The standard InChI is InChI=1S/C13H24N4O/c1-9(14)13-8-17(5-6-18-13)11(3)12-7-16(4)15-10(12)2/h7,9,11,13H,5-6,8,14H2,1-4H3. The first-order chi connectivity index (χ1) is 8.49. The van der Waals surface area contributed by atoms with E-state index in [1.54, 1.807) is 0 Å². The van der Waals surface area contributed by atoms with Crippen LogP contribution in [-0.2, 0) is 11.8 Å². The van der Waals surface area contributed by atoms with E-state index in [4.69, 9.17) is 10.5 Å². The highest BCUT2D eigenvalue weighted by atomic mass is 16.5. The monoisotopic (exact) mass is 252 g/mol. The summed E-state index contributed by atoms with van der Waals surface area (Å²) in [5.41, 5.74) is 8.33. The summed E-state index contributed by atoms with van der Waals surface area (Å²) in [5, 5.41) is 4.42. The molecule has 0 aliphatic carbocycles. The SMILES string of the molecule is Cc1nn(C)cc1C(C)N1CCOC(C(C)N)C1. The first-order valence-electron chi connectivity index (χ1n) is 6.60. The van der Waals surface area contributed by atoms with Crippen LogP contribution >= 0.6 is 0 Å². The molecule has 1 aliphatic heterocycles. The summed E-state index contributed by atoms with van der Waals surface area (Å²) in [7, 11) is 1.97. The highest BCUT2D eigenvalue weighted by molar-refractivity contribution is 5.19. The van der Waals surface area contributed by atoms with Gasteiger partial charge in [-0.25, -0.2) is 0 Å². The van der Waals surface area contributed by atoms with Crippen LogP contribution in [0.4, 0.5) is 0 Å². The molecule has 1 fully saturated rings. The van der Waals surface area contributed by atoms with Gasteiger partial charge in [0.15, 0.2) is 0 Å². The van der Waals surface area contributed by atoms with Gasteiger partial charge >= 0.3 is 0 Å². The topological polar surface area (TPSA) is 56.3 Å². The lowest BCUT2D eigenvalue weighted by Crippen LogP contribution is -2.50. The van der Waals surface area contributed by atoms with Crippen molar-refractivity contribution in [1.82, 2.24) is 14.7 Å². The third kappa shape index (κ3) is 2.74. The van der Waals surface area contributed by atoms with Crippen molar-refractivity contribution in [2.75, 3.05) is 19.7 Å². The second-order valence-corrected chi connectivity index (χ2v) is 5.28. The number of nitrogens with zero attached hydrogens (tertiary/aromatic N) is 3. The number of ether oxygens (including phenoxy) is 1. The molecule has 2 heterocycles. The van der Waals surface area contributed by atoms with Crippen LogP contribution in [-0.4, -0.2) is 46.5 Å². The fourth-order valence-electron chi connectivity index (χ4n) is 2.59. The van der Waals surface area contributed by atoms with Gasteiger partial charge in [0.2, 0.25) is 0 Å². The summed E-state index contributed by atoms with van der Waals surface area (Å²) >= 11 is 0. The van der Waals surface area contributed by atoms with Crippen molar-refractivity contribution in [3.8, 4) is 0 Å². The van der Waals surface area contributed by atoms with Gasteiger partial charge in [-0.3, -0.25) is 9.58 Å². The van der Waals surface area contributed by atoms with E-state index in [9.17, 15) is 0 Å². The number of morpholine rings is 1. The molecular weight excluding hydrogens is 228 g/mol. The molecule has 0 amide bonds. The molecule has 0 spiro atoms. The minimum atomic E-state index is 0.0787. The quantitative estimate of drug-likeness (QED) is 0.866. The average molecular weight is 252 g/mol. The normalized spacial score (nSPS) is 25.1. The minimum Gasteiger partial charge on any atom is -0.374 e. The predicted molar refractivity (Wildman–Crippen MR) is 71.3 cm³/mol. The van der Waals surface area contributed by atoms with Crippen LogP contribution in [0.2, 0.25) is 0 Å². The second kappa shape index (κ2) is 5.38.